The van der Waals surface area contributed by atoms with Gasteiger partial charge in [0.15, 0.2) is 5.76 Å². The van der Waals surface area contributed by atoms with Gasteiger partial charge in [-0.1, -0.05) is 18.2 Å². The Bertz CT molecular complexity index is 701. The van der Waals surface area contributed by atoms with Crippen LogP contribution in [0.2, 0.25) is 0 Å². The molecule has 1 aliphatic heterocycles. The summed E-state index contributed by atoms with van der Waals surface area (Å²) in [6, 6.07) is 14.2. The van der Waals surface area contributed by atoms with Crippen LogP contribution in [0.15, 0.2) is 46.9 Å². The molecule has 0 atom stereocenters. The molecule has 0 spiro atoms. The minimum atomic E-state index is -0.129. The predicted octanol–water partition coefficient (Wildman–Crippen LogP) is 3.22. The van der Waals surface area contributed by atoms with Gasteiger partial charge in [0.1, 0.15) is 18.1 Å². The molecule has 132 valence electrons. The van der Waals surface area contributed by atoms with Gasteiger partial charge in [-0.05, 0) is 49.9 Å². The molecule has 1 amide bonds. The first-order chi connectivity index (χ1) is 12.3. The summed E-state index contributed by atoms with van der Waals surface area (Å²) in [6.45, 7) is 2.49. The van der Waals surface area contributed by atoms with Gasteiger partial charge in [0, 0.05) is 25.2 Å². The quantitative estimate of drug-likeness (QED) is 0.877. The van der Waals surface area contributed by atoms with E-state index in [0.717, 1.165) is 37.7 Å². The minimum Gasteiger partial charge on any atom is -0.486 e. The van der Waals surface area contributed by atoms with E-state index in [0.29, 0.717) is 18.1 Å². The summed E-state index contributed by atoms with van der Waals surface area (Å²) in [5, 5.41) is 3.10. The Labute approximate surface area is 148 Å². The predicted molar refractivity (Wildman–Crippen MR) is 94.6 cm³/mol. The van der Waals surface area contributed by atoms with Crippen LogP contribution in [0.3, 0.4) is 0 Å². The molecule has 5 nitrogen and oxygen atoms in total. The Morgan fingerprint density at radius 1 is 1.08 bits per heavy atom. The highest BCUT2D eigenvalue weighted by molar-refractivity contribution is 5.91. The van der Waals surface area contributed by atoms with Crippen molar-refractivity contribution in [3.05, 3.63) is 54.0 Å². The molecule has 0 radical (unpaired) electrons. The number of likely N-dealkylation sites (tertiary alicyclic amines) is 1. The summed E-state index contributed by atoms with van der Waals surface area (Å²) in [6.07, 6.45) is 4.73. The van der Waals surface area contributed by atoms with Gasteiger partial charge in [0.25, 0.3) is 5.91 Å². The lowest BCUT2D eigenvalue weighted by molar-refractivity contribution is 0.0877. The molecule has 1 saturated heterocycles. The number of para-hydroxylation sites is 1. The molecule has 4 rings (SSSR count). The van der Waals surface area contributed by atoms with Gasteiger partial charge in [0.05, 0.1) is 0 Å². The van der Waals surface area contributed by atoms with Crippen LogP contribution < -0.4 is 10.1 Å². The van der Waals surface area contributed by atoms with Crippen molar-refractivity contribution in [2.75, 3.05) is 13.1 Å². The summed E-state index contributed by atoms with van der Waals surface area (Å²) in [5.74, 6) is 1.66. The number of piperidine rings is 1. The van der Waals surface area contributed by atoms with Gasteiger partial charge >= 0.3 is 0 Å². The molecule has 2 aromatic rings. The number of hydrogen-bond acceptors (Lipinski definition) is 4. The number of amides is 1. The first kappa shape index (κ1) is 16.2. The van der Waals surface area contributed by atoms with Crippen molar-refractivity contribution < 1.29 is 13.9 Å². The molecular formula is C20H24N2O3. The van der Waals surface area contributed by atoms with E-state index in [2.05, 4.69) is 10.2 Å². The lowest BCUT2D eigenvalue weighted by atomic mass is 10.0. The second-order valence-corrected chi connectivity index (χ2v) is 6.88. The van der Waals surface area contributed by atoms with E-state index in [1.807, 2.05) is 30.3 Å². The van der Waals surface area contributed by atoms with E-state index in [1.165, 1.54) is 12.8 Å². The van der Waals surface area contributed by atoms with Crippen molar-refractivity contribution in [1.29, 1.82) is 0 Å². The highest BCUT2D eigenvalue weighted by atomic mass is 16.5. The highest BCUT2D eigenvalue weighted by Crippen LogP contribution is 2.29. The van der Waals surface area contributed by atoms with Gasteiger partial charge < -0.3 is 19.4 Å². The number of ether oxygens (including phenoxy) is 1. The number of rotatable bonds is 6. The van der Waals surface area contributed by atoms with Crippen LogP contribution in [0.4, 0.5) is 0 Å². The number of furan rings is 1. The number of benzene rings is 1. The second kappa shape index (κ2) is 7.31. The fourth-order valence-corrected chi connectivity index (χ4v) is 3.35. The molecule has 2 heterocycles. The first-order valence-electron chi connectivity index (χ1n) is 9.09. The molecule has 25 heavy (non-hydrogen) atoms. The summed E-state index contributed by atoms with van der Waals surface area (Å²) in [7, 11) is 0. The third kappa shape index (κ3) is 4.23. The molecule has 1 aromatic carbocycles. The molecule has 0 unspecified atom stereocenters. The zero-order valence-electron chi connectivity index (χ0n) is 14.3. The summed E-state index contributed by atoms with van der Waals surface area (Å²) in [5.41, 5.74) is 0. The number of carbonyl (C=O) groups excluding carboxylic acids is 1. The Morgan fingerprint density at radius 3 is 2.56 bits per heavy atom. The van der Waals surface area contributed by atoms with Crippen LogP contribution in [0.5, 0.6) is 5.75 Å². The second-order valence-electron chi connectivity index (χ2n) is 6.88. The summed E-state index contributed by atoms with van der Waals surface area (Å²) >= 11 is 0. The van der Waals surface area contributed by atoms with E-state index in [4.69, 9.17) is 9.15 Å². The van der Waals surface area contributed by atoms with Crippen molar-refractivity contribution in [3.8, 4) is 5.75 Å². The molecule has 5 heteroatoms. The number of carbonyl (C=O) groups is 1. The van der Waals surface area contributed by atoms with Gasteiger partial charge in [-0.25, -0.2) is 0 Å². The average molecular weight is 340 g/mol. The maximum atomic E-state index is 12.4. The van der Waals surface area contributed by atoms with Gasteiger partial charge in [-0.2, -0.15) is 0 Å². The molecule has 0 bridgehead atoms. The maximum Gasteiger partial charge on any atom is 0.287 e. The third-order valence-electron chi connectivity index (χ3n) is 4.94. The van der Waals surface area contributed by atoms with E-state index in [-0.39, 0.29) is 11.9 Å². The van der Waals surface area contributed by atoms with Crippen molar-refractivity contribution in [3.63, 3.8) is 0 Å². The summed E-state index contributed by atoms with van der Waals surface area (Å²) in [4.78, 5) is 14.9. The molecular weight excluding hydrogens is 316 g/mol. The van der Waals surface area contributed by atoms with Crippen molar-refractivity contribution in [1.82, 2.24) is 10.2 Å². The number of nitrogens with zero attached hydrogens (tertiary/aromatic N) is 1. The van der Waals surface area contributed by atoms with Gasteiger partial charge in [-0.3, -0.25) is 4.79 Å². The zero-order valence-corrected chi connectivity index (χ0v) is 14.3. The minimum absolute atomic E-state index is 0.129. The lowest BCUT2D eigenvalue weighted by Crippen LogP contribution is -2.45. The van der Waals surface area contributed by atoms with E-state index >= 15 is 0 Å². The number of nitrogens with one attached hydrogen (secondary N) is 1. The first-order valence-corrected chi connectivity index (χ1v) is 9.09. The normalized spacial score (nSPS) is 18.9. The molecule has 1 N–H and O–H groups in total. The Hall–Kier alpha value is -2.27. The number of hydrogen-bond donors (Lipinski definition) is 1. The average Bonchev–Trinajstić information content (AvgIpc) is 3.39. The molecule has 1 aliphatic carbocycles. The third-order valence-corrected chi connectivity index (χ3v) is 4.94. The monoisotopic (exact) mass is 340 g/mol. The largest absolute Gasteiger partial charge is 0.486 e. The van der Waals surface area contributed by atoms with Crippen LogP contribution in [0.1, 0.15) is 42.0 Å². The van der Waals surface area contributed by atoms with Crippen molar-refractivity contribution in [2.45, 2.75) is 44.4 Å². The molecule has 1 aromatic heterocycles. The van der Waals surface area contributed by atoms with Crippen LogP contribution in [0.25, 0.3) is 0 Å². The topological polar surface area (TPSA) is 54.7 Å². The zero-order chi connectivity index (χ0) is 17.1. The molecule has 2 aliphatic rings. The summed E-state index contributed by atoms with van der Waals surface area (Å²) < 4.78 is 11.3. The fourth-order valence-electron chi connectivity index (χ4n) is 3.35. The smallest absolute Gasteiger partial charge is 0.287 e. The standard InChI is InChI=1S/C20H24N2O3/c23-20(21-15-10-12-22(13-11-15)16-6-7-16)19-9-8-18(25-19)14-24-17-4-2-1-3-5-17/h1-5,8-9,15-16H,6-7,10-14H2,(H,21,23). The van der Waals surface area contributed by atoms with Crippen LogP contribution >= 0.6 is 0 Å². The lowest BCUT2D eigenvalue weighted by Gasteiger charge is -2.32. The van der Waals surface area contributed by atoms with E-state index < -0.39 is 0 Å². The van der Waals surface area contributed by atoms with E-state index in [1.54, 1.807) is 12.1 Å². The SMILES string of the molecule is O=C(NC1CCN(C2CC2)CC1)c1ccc(COc2ccccc2)o1. The van der Waals surface area contributed by atoms with E-state index in [9.17, 15) is 4.79 Å². The fraction of sp³-hybridized carbons (Fsp3) is 0.450. The Balaban J connectivity index is 1.25. The van der Waals surface area contributed by atoms with Gasteiger partial charge in [0.2, 0.25) is 0 Å². The van der Waals surface area contributed by atoms with Crippen LogP contribution in [0, 0.1) is 0 Å². The van der Waals surface area contributed by atoms with Gasteiger partial charge in [-0.15, -0.1) is 0 Å². The van der Waals surface area contributed by atoms with Crippen molar-refractivity contribution >= 4 is 5.91 Å². The van der Waals surface area contributed by atoms with Crippen LogP contribution in [-0.4, -0.2) is 36.0 Å². The molecule has 2 fully saturated rings. The Morgan fingerprint density at radius 2 is 1.84 bits per heavy atom. The highest BCUT2D eigenvalue weighted by Gasteiger charge is 2.32. The van der Waals surface area contributed by atoms with Crippen LogP contribution in [-0.2, 0) is 6.61 Å². The Kier molecular flexibility index (Phi) is 4.74. The molecule has 1 saturated carbocycles. The maximum absolute atomic E-state index is 12.4. The van der Waals surface area contributed by atoms with Crippen molar-refractivity contribution in [2.24, 2.45) is 0 Å².